The lowest BCUT2D eigenvalue weighted by atomic mass is 10.1. The molecule has 0 amide bonds. The molecule has 0 radical (unpaired) electrons. The number of unbranched alkanes of at least 4 members (excludes halogenated alkanes) is 2. The fourth-order valence-corrected chi connectivity index (χ4v) is 2.49. The zero-order valence-electron chi connectivity index (χ0n) is 14.4. The van der Waals surface area contributed by atoms with Gasteiger partial charge in [0, 0.05) is 18.8 Å². The van der Waals surface area contributed by atoms with Crippen LogP contribution in [0, 0.1) is 0 Å². The van der Waals surface area contributed by atoms with Gasteiger partial charge in [0.05, 0.1) is 5.56 Å². The number of carbonyl (C=O) groups excluding carboxylic acids is 1. The molecule has 0 spiro atoms. The molecule has 1 N–H and O–H groups in total. The van der Waals surface area contributed by atoms with E-state index in [9.17, 15) is 13.2 Å². The van der Waals surface area contributed by atoms with Crippen LogP contribution in [0.25, 0.3) is 0 Å². The maximum atomic E-state index is 11.8. The molecule has 0 bridgehead atoms. The average molecular weight is 357 g/mol. The molecule has 0 fully saturated rings. The van der Waals surface area contributed by atoms with E-state index >= 15 is 0 Å². The standard InChI is InChI=1S/C17H27NO5S/c1-3-5-11-18(12-6-4-2)16-9-7-15(8-10-16)17(19)23-13-14-24(20,21)22/h7-10H,3-6,11-14H2,1-2H3,(H,20,21,22). The van der Waals surface area contributed by atoms with E-state index in [-0.39, 0.29) is 6.61 Å². The van der Waals surface area contributed by atoms with Crippen LogP contribution in [0.5, 0.6) is 0 Å². The Labute approximate surface area is 144 Å². The van der Waals surface area contributed by atoms with Crippen LogP contribution in [-0.2, 0) is 14.9 Å². The summed E-state index contributed by atoms with van der Waals surface area (Å²) < 4.78 is 34.7. The van der Waals surface area contributed by atoms with Gasteiger partial charge in [0.1, 0.15) is 12.4 Å². The van der Waals surface area contributed by atoms with E-state index < -0.39 is 21.8 Å². The van der Waals surface area contributed by atoms with Crippen molar-refractivity contribution in [1.82, 2.24) is 0 Å². The first-order chi connectivity index (χ1) is 11.4. The van der Waals surface area contributed by atoms with E-state index in [1.54, 1.807) is 12.1 Å². The Morgan fingerprint density at radius 2 is 1.62 bits per heavy atom. The largest absolute Gasteiger partial charge is 0.461 e. The van der Waals surface area contributed by atoms with Crippen LogP contribution in [0.2, 0.25) is 0 Å². The summed E-state index contributed by atoms with van der Waals surface area (Å²) in [6.07, 6.45) is 4.48. The third-order valence-electron chi connectivity index (χ3n) is 3.61. The fourth-order valence-electron chi connectivity index (χ4n) is 2.20. The quantitative estimate of drug-likeness (QED) is 0.484. The molecule has 1 rings (SSSR count). The lowest BCUT2D eigenvalue weighted by Gasteiger charge is -2.24. The Kier molecular flexibility index (Phi) is 8.78. The molecule has 0 heterocycles. The topological polar surface area (TPSA) is 83.9 Å². The Hall–Kier alpha value is -1.60. The summed E-state index contributed by atoms with van der Waals surface area (Å²) in [5.74, 6) is -1.20. The summed E-state index contributed by atoms with van der Waals surface area (Å²) >= 11 is 0. The number of hydrogen-bond donors (Lipinski definition) is 1. The smallest absolute Gasteiger partial charge is 0.338 e. The highest BCUT2D eigenvalue weighted by molar-refractivity contribution is 7.85. The zero-order valence-corrected chi connectivity index (χ0v) is 15.2. The summed E-state index contributed by atoms with van der Waals surface area (Å²) in [7, 11) is -4.12. The number of anilines is 1. The minimum absolute atomic E-state index is 0.361. The van der Waals surface area contributed by atoms with E-state index in [4.69, 9.17) is 9.29 Å². The van der Waals surface area contributed by atoms with Crippen LogP contribution in [0.15, 0.2) is 24.3 Å². The molecule has 0 aliphatic rings. The van der Waals surface area contributed by atoms with Gasteiger partial charge in [-0.05, 0) is 37.1 Å². The molecule has 1 aromatic carbocycles. The summed E-state index contributed by atoms with van der Waals surface area (Å²) in [6.45, 7) is 5.91. The minimum Gasteiger partial charge on any atom is -0.461 e. The number of ether oxygens (including phenoxy) is 1. The number of nitrogens with zero attached hydrogens (tertiary/aromatic N) is 1. The van der Waals surface area contributed by atoms with E-state index in [1.807, 2.05) is 12.1 Å². The summed E-state index contributed by atoms with van der Waals surface area (Å²) in [4.78, 5) is 14.1. The van der Waals surface area contributed by atoms with E-state index in [0.29, 0.717) is 5.56 Å². The van der Waals surface area contributed by atoms with Crippen molar-refractivity contribution >= 4 is 21.8 Å². The molecule has 0 aliphatic carbocycles. The van der Waals surface area contributed by atoms with Crippen LogP contribution in [-0.4, -0.2) is 44.4 Å². The van der Waals surface area contributed by atoms with Crippen molar-refractivity contribution in [1.29, 1.82) is 0 Å². The maximum Gasteiger partial charge on any atom is 0.338 e. The number of benzene rings is 1. The molecule has 136 valence electrons. The Morgan fingerprint density at radius 1 is 1.08 bits per heavy atom. The Bertz CT molecular complexity index is 590. The van der Waals surface area contributed by atoms with Gasteiger partial charge < -0.3 is 9.64 Å². The Morgan fingerprint density at radius 3 is 2.08 bits per heavy atom. The lowest BCUT2D eigenvalue weighted by Crippen LogP contribution is -2.25. The van der Waals surface area contributed by atoms with Crippen molar-refractivity contribution in [3.05, 3.63) is 29.8 Å². The van der Waals surface area contributed by atoms with Gasteiger partial charge in [-0.1, -0.05) is 26.7 Å². The van der Waals surface area contributed by atoms with Crippen molar-refractivity contribution < 1.29 is 22.5 Å². The number of carbonyl (C=O) groups is 1. The summed E-state index contributed by atoms with van der Waals surface area (Å²) in [5, 5.41) is 0. The van der Waals surface area contributed by atoms with Crippen molar-refractivity contribution in [2.45, 2.75) is 39.5 Å². The van der Waals surface area contributed by atoms with Gasteiger partial charge in [-0.15, -0.1) is 0 Å². The lowest BCUT2D eigenvalue weighted by molar-refractivity contribution is 0.0528. The molecule has 0 aromatic heterocycles. The van der Waals surface area contributed by atoms with Crippen molar-refractivity contribution in [3.8, 4) is 0 Å². The third-order valence-corrected chi connectivity index (χ3v) is 4.29. The Balaban J connectivity index is 2.66. The highest BCUT2D eigenvalue weighted by atomic mass is 32.2. The molecule has 24 heavy (non-hydrogen) atoms. The monoisotopic (exact) mass is 357 g/mol. The molecule has 0 aliphatic heterocycles. The van der Waals surface area contributed by atoms with Gasteiger partial charge in [0.2, 0.25) is 0 Å². The predicted molar refractivity (Wildman–Crippen MR) is 95.2 cm³/mol. The SMILES string of the molecule is CCCCN(CCCC)c1ccc(C(=O)OCCS(=O)(=O)O)cc1. The first kappa shape index (κ1) is 20.4. The normalized spacial score (nSPS) is 11.3. The molecule has 7 heteroatoms. The second-order valence-corrected chi connectivity index (χ2v) is 7.24. The molecule has 0 saturated carbocycles. The van der Waals surface area contributed by atoms with Gasteiger partial charge >= 0.3 is 5.97 Å². The van der Waals surface area contributed by atoms with Gasteiger partial charge in [-0.2, -0.15) is 8.42 Å². The maximum absolute atomic E-state index is 11.8. The highest BCUT2D eigenvalue weighted by Gasteiger charge is 2.12. The first-order valence-electron chi connectivity index (χ1n) is 8.34. The molecular weight excluding hydrogens is 330 g/mol. The molecule has 0 saturated heterocycles. The number of hydrogen-bond acceptors (Lipinski definition) is 5. The predicted octanol–water partition coefficient (Wildman–Crippen LogP) is 3.14. The number of rotatable bonds is 11. The minimum atomic E-state index is -4.12. The average Bonchev–Trinajstić information content (AvgIpc) is 2.54. The molecule has 1 aromatic rings. The van der Waals surface area contributed by atoms with Gasteiger partial charge in [0.15, 0.2) is 0 Å². The molecular formula is C17H27NO5S. The summed E-state index contributed by atoms with van der Waals surface area (Å²) in [5.41, 5.74) is 1.42. The van der Waals surface area contributed by atoms with Crippen molar-refractivity contribution in [2.24, 2.45) is 0 Å². The fraction of sp³-hybridized carbons (Fsp3) is 0.588. The first-order valence-corrected chi connectivity index (χ1v) is 9.95. The van der Waals surface area contributed by atoms with Crippen LogP contribution in [0.3, 0.4) is 0 Å². The van der Waals surface area contributed by atoms with Crippen LogP contribution in [0.4, 0.5) is 5.69 Å². The van der Waals surface area contributed by atoms with Crippen LogP contribution in [0.1, 0.15) is 49.9 Å². The number of esters is 1. The second-order valence-electron chi connectivity index (χ2n) is 5.66. The third kappa shape index (κ3) is 7.79. The van der Waals surface area contributed by atoms with Gasteiger partial charge in [-0.25, -0.2) is 4.79 Å². The van der Waals surface area contributed by atoms with Crippen molar-refractivity contribution in [3.63, 3.8) is 0 Å². The molecule has 0 atom stereocenters. The molecule has 0 unspecified atom stereocenters. The van der Waals surface area contributed by atoms with Crippen molar-refractivity contribution in [2.75, 3.05) is 30.3 Å². The van der Waals surface area contributed by atoms with Gasteiger partial charge in [-0.3, -0.25) is 4.55 Å². The van der Waals surface area contributed by atoms with Gasteiger partial charge in [0.25, 0.3) is 10.1 Å². The summed E-state index contributed by atoms with van der Waals surface area (Å²) in [6, 6.07) is 7.11. The van der Waals surface area contributed by atoms with E-state index in [1.165, 1.54) is 0 Å². The van der Waals surface area contributed by atoms with Crippen LogP contribution < -0.4 is 4.90 Å². The van der Waals surface area contributed by atoms with Crippen LogP contribution >= 0.6 is 0 Å². The highest BCUT2D eigenvalue weighted by Crippen LogP contribution is 2.17. The van der Waals surface area contributed by atoms with E-state index in [0.717, 1.165) is 44.5 Å². The van der Waals surface area contributed by atoms with E-state index in [2.05, 4.69) is 18.7 Å². The zero-order chi connectivity index (χ0) is 18.0. The molecule has 6 nitrogen and oxygen atoms in total. The second kappa shape index (κ2) is 10.3.